The SMILES string of the molecule is CCC(O)C=C(C)CCC=C(C)C. The summed E-state index contributed by atoms with van der Waals surface area (Å²) in [4.78, 5) is 0. The Morgan fingerprint density at radius 3 is 2.38 bits per heavy atom. The predicted octanol–water partition coefficient (Wildman–Crippen LogP) is 3.45. The van der Waals surface area contributed by atoms with Crippen LogP contribution in [0.15, 0.2) is 23.3 Å². The summed E-state index contributed by atoms with van der Waals surface area (Å²) < 4.78 is 0. The van der Waals surface area contributed by atoms with Crippen LogP contribution in [0.25, 0.3) is 0 Å². The van der Waals surface area contributed by atoms with Gasteiger partial charge in [-0.3, -0.25) is 0 Å². The standard InChI is InChI=1S/C12H22O/c1-5-12(13)9-11(4)8-6-7-10(2)3/h7,9,12-13H,5-6,8H2,1-4H3. The molecule has 1 N–H and O–H groups in total. The molecule has 1 heteroatoms. The molecule has 0 saturated carbocycles. The summed E-state index contributed by atoms with van der Waals surface area (Å²) in [5.74, 6) is 0. The van der Waals surface area contributed by atoms with Gasteiger partial charge >= 0.3 is 0 Å². The largest absolute Gasteiger partial charge is 0.389 e. The molecule has 0 aliphatic rings. The zero-order valence-corrected chi connectivity index (χ0v) is 9.30. The Bertz CT molecular complexity index is 185. The summed E-state index contributed by atoms with van der Waals surface area (Å²) in [6, 6.07) is 0. The fraction of sp³-hybridized carbons (Fsp3) is 0.667. The fourth-order valence-corrected chi connectivity index (χ4v) is 1.12. The summed E-state index contributed by atoms with van der Waals surface area (Å²) in [5.41, 5.74) is 2.65. The van der Waals surface area contributed by atoms with Crippen LogP contribution in [0, 0.1) is 0 Å². The normalized spacial score (nSPS) is 14.1. The van der Waals surface area contributed by atoms with Gasteiger partial charge in [0.05, 0.1) is 6.10 Å². The molecule has 0 spiro atoms. The summed E-state index contributed by atoms with van der Waals surface area (Å²) in [6.45, 7) is 8.29. The third-order valence-corrected chi connectivity index (χ3v) is 1.99. The molecule has 0 fully saturated rings. The first-order valence-electron chi connectivity index (χ1n) is 5.05. The maximum absolute atomic E-state index is 9.35. The van der Waals surface area contributed by atoms with Crippen molar-refractivity contribution in [1.29, 1.82) is 0 Å². The van der Waals surface area contributed by atoms with Crippen LogP contribution in [0.1, 0.15) is 47.0 Å². The van der Waals surface area contributed by atoms with Gasteiger partial charge < -0.3 is 5.11 Å². The highest BCUT2D eigenvalue weighted by Gasteiger charge is 1.96. The molecule has 0 aliphatic carbocycles. The van der Waals surface area contributed by atoms with Crippen LogP contribution in [-0.4, -0.2) is 11.2 Å². The van der Waals surface area contributed by atoms with E-state index in [4.69, 9.17) is 0 Å². The number of hydrogen-bond donors (Lipinski definition) is 1. The van der Waals surface area contributed by atoms with Crippen molar-refractivity contribution in [2.24, 2.45) is 0 Å². The number of rotatable bonds is 5. The Morgan fingerprint density at radius 2 is 1.92 bits per heavy atom. The molecule has 0 aromatic rings. The van der Waals surface area contributed by atoms with Crippen LogP contribution in [0.5, 0.6) is 0 Å². The molecule has 76 valence electrons. The summed E-state index contributed by atoms with van der Waals surface area (Å²) >= 11 is 0. The molecule has 0 heterocycles. The molecular formula is C12H22O. The number of allylic oxidation sites excluding steroid dienone is 3. The minimum Gasteiger partial charge on any atom is -0.389 e. The summed E-state index contributed by atoms with van der Waals surface area (Å²) in [5, 5.41) is 9.35. The van der Waals surface area contributed by atoms with Crippen molar-refractivity contribution >= 4 is 0 Å². The fourth-order valence-electron chi connectivity index (χ4n) is 1.12. The van der Waals surface area contributed by atoms with E-state index in [2.05, 4.69) is 26.8 Å². The van der Waals surface area contributed by atoms with Gasteiger partial charge in [-0.05, 0) is 40.0 Å². The first-order valence-corrected chi connectivity index (χ1v) is 5.05. The van der Waals surface area contributed by atoms with Crippen LogP contribution >= 0.6 is 0 Å². The zero-order chi connectivity index (χ0) is 10.3. The van der Waals surface area contributed by atoms with Crippen LogP contribution < -0.4 is 0 Å². The van der Waals surface area contributed by atoms with Crippen molar-refractivity contribution in [3.8, 4) is 0 Å². The lowest BCUT2D eigenvalue weighted by Gasteiger charge is -2.03. The zero-order valence-electron chi connectivity index (χ0n) is 9.30. The van der Waals surface area contributed by atoms with E-state index in [1.807, 2.05) is 13.0 Å². The van der Waals surface area contributed by atoms with E-state index in [1.54, 1.807) is 0 Å². The van der Waals surface area contributed by atoms with E-state index in [1.165, 1.54) is 11.1 Å². The molecule has 0 radical (unpaired) electrons. The van der Waals surface area contributed by atoms with Crippen LogP contribution in [0.4, 0.5) is 0 Å². The van der Waals surface area contributed by atoms with Gasteiger partial charge in [-0.15, -0.1) is 0 Å². The monoisotopic (exact) mass is 182 g/mol. The molecule has 1 atom stereocenters. The van der Waals surface area contributed by atoms with E-state index in [9.17, 15) is 5.11 Å². The lowest BCUT2D eigenvalue weighted by molar-refractivity contribution is 0.218. The quantitative estimate of drug-likeness (QED) is 0.646. The lowest BCUT2D eigenvalue weighted by atomic mass is 10.1. The van der Waals surface area contributed by atoms with Gasteiger partial charge in [0.25, 0.3) is 0 Å². The smallest absolute Gasteiger partial charge is 0.0720 e. The molecule has 0 bridgehead atoms. The highest BCUT2D eigenvalue weighted by atomic mass is 16.3. The van der Waals surface area contributed by atoms with E-state index in [0.29, 0.717) is 0 Å². The number of aliphatic hydroxyl groups is 1. The third kappa shape index (κ3) is 7.79. The molecule has 0 aromatic heterocycles. The maximum atomic E-state index is 9.35. The minimum absolute atomic E-state index is 0.258. The minimum atomic E-state index is -0.258. The second-order valence-corrected chi connectivity index (χ2v) is 3.81. The van der Waals surface area contributed by atoms with Gasteiger partial charge in [-0.1, -0.05) is 30.2 Å². The van der Waals surface area contributed by atoms with Gasteiger partial charge in [0.2, 0.25) is 0 Å². The van der Waals surface area contributed by atoms with Gasteiger partial charge in [-0.2, -0.15) is 0 Å². The van der Waals surface area contributed by atoms with E-state index < -0.39 is 0 Å². The molecule has 1 unspecified atom stereocenters. The molecular weight excluding hydrogens is 160 g/mol. The third-order valence-electron chi connectivity index (χ3n) is 1.99. The first-order chi connectivity index (χ1) is 6.06. The Hall–Kier alpha value is -0.560. The maximum Gasteiger partial charge on any atom is 0.0720 e. The van der Waals surface area contributed by atoms with Gasteiger partial charge in [0.15, 0.2) is 0 Å². The summed E-state index contributed by atoms with van der Waals surface area (Å²) in [7, 11) is 0. The molecule has 0 aliphatic heterocycles. The summed E-state index contributed by atoms with van der Waals surface area (Å²) in [6.07, 6.45) is 6.88. The van der Waals surface area contributed by atoms with Gasteiger partial charge in [0.1, 0.15) is 0 Å². The first kappa shape index (κ1) is 12.4. The molecule has 0 saturated heterocycles. The lowest BCUT2D eigenvalue weighted by Crippen LogP contribution is -1.99. The van der Waals surface area contributed by atoms with Crippen molar-refractivity contribution in [1.82, 2.24) is 0 Å². The molecule has 0 aromatic carbocycles. The van der Waals surface area contributed by atoms with Crippen LogP contribution in [0.3, 0.4) is 0 Å². The van der Waals surface area contributed by atoms with Crippen molar-refractivity contribution in [3.63, 3.8) is 0 Å². The number of hydrogen-bond acceptors (Lipinski definition) is 1. The topological polar surface area (TPSA) is 20.2 Å². The van der Waals surface area contributed by atoms with Crippen molar-refractivity contribution < 1.29 is 5.11 Å². The van der Waals surface area contributed by atoms with Crippen LogP contribution in [-0.2, 0) is 0 Å². The van der Waals surface area contributed by atoms with Crippen molar-refractivity contribution in [3.05, 3.63) is 23.3 Å². The van der Waals surface area contributed by atoms with Crippen LogP contribution in [0.2, 0.25) is 0 Å². The number of aliphatic hydroxyl groups excluding tert-OH is 1. The Balaban J connectivity index is 3.80. The van der Waals surface area contributed by atoms with E-state index in [-0.39, 0.29) is 6.10 Å². The highest BCUT2D eigenvalue weighted by molar-refractivity contribution is 5.04. The molecule has 13 heavy (non-hydrogen) atoms. The second-order valence-electron chi connectivity index (χ2n) is 3.81. The Labute approximate surface area is 82.2 Å². The van der Waals surface area contributed by atoms with Crippen molar-refractivity contribution in [2.45, 2.75) is 53.1 Å². The highest BCUT2D eigenvalue weighted by Crippen LogP contribution is 2.08. The Kier molecular flexibility index (Phi) is 6.61. The molecule has 0 amide bonds. The van der Waals surface area contributed by atoms with E-state index in [0.717, 1.165) is 19.3 Å². The van der Waals surface area contributed by atoms with Gasteiger partial charge in [-0.25, -0.2) is 0 Å². The van der Waals surface area contributed by atoms with Crippen molar-refractivity contribution in [2.75, 3.05) is 0 Å². The predicted molar refractivity (Wildman–Crippen MR) is 58.7 cm³/mol. The van der Waals surface area contributed by atoms with E-state index >= 15 is 0 Å². The average molecular weight is 182 g/mol. The average Bonchev–Trinajstić information content (AvgIpc) is 2.03. The molecule has 0 rings (SSSR count). The molecule has 1 nitrogen and oxygen atoms in total. The van der Waals surface area contributed by atoms with Gasteiger partial charge in [0, 0.05) is 0 Å². The second kappa shape index (κ2) is 6.90. The Morgan fingerprint density at radius 1 is 1.31 bits per heavy atom.